The highest BCUT2D eigenvalue weighted by atomic mass is 32.2. The lowest BCUT2D eigenvalue weighted by atomic mass is 10.1. The molecule has 1 atom stereocenters. The fourth-order valence-corrected chi connectivity index (χ4v) is 3.31. The number of halogens is 2. The number of fused-ring (bicyclic) bond motifs is 1. The summed E-state index contributed by atoms with van der Waals surface area (Å²) in [7, 11) is 1.32. The van der Waals surface area contributed by atoms with Gasteiger partial charge in [-0.25, -0.2) is 0 Å². The number of pyridine rings is 1. The molecule has 1 amide bonds. The molecule has 3 aromatic rings. The molecule has 0 aliphatic carbocycles. The van der Waals surface area contributed by atoms with E-state index in [9.17, 15) is 13.6 Å². The van der Waals surface area contributed by atoms with Gasteiger partial charge in [-0.05, 0) is 48.8 Å². The van der Waals surface area contributed by atoms with Crippen molar-refractivity contribution < 1.29 is 23.0 Å². The van der Waals surface area contributed by atoms with E-state index in [2.05, 4.69) is 20.3 Å². The maximum absolute atomic E-state index is 12.8. The Morgan fingerprint density at radius 1 is 1.24 bits per heavy atom. The van der Waals surface area contributed by atoms with E-state index in [0.29, 0.717) is 17.9 Å². The van der Waals surface area contributed by atoms with Gasteiger partial charge in [-0.2, -0.15) is 20.5 Å². The normalized spacial score (nSPS) is 12.2. The number of nitrogens with zero attached hydrogens (tertiary/aromatic N) is 3. The van der Waals surface area contributed by atoms with Gasteiger partial charge in [0, 0.05) is 11.8 Å². The van der Waals surface area contributed by atoms with E-state index >= 15 is 0 Å². The van der Waals surface area contributed by atoms with E-state index in [4.69, 9.17) is 4.74 Å². The minimum atomic E-state index is -2.99. The van der Waals surface area contributed by atoms with Gasteiger partial charge in [0.1, 0.15) is 0 Å². The molecule has 0 fully saturated rings. The number of carbonyl (C=O) groups is 1. The second-order valence-corrected chi connectivity index (χ2v) is 7.02. The third-order valence-electron chi connectivity index (χ3n) is 4.21. The van der Waals surface area contributed by atoms with Crippen LogP contribution in [-0.2, 0) is 0 Å². The van der Waals surface area contributed by atoms with E-state index in [0.717, 1.165) is 5.75 Å². The Morgan fingerprint density at radius 2 is 2.07 bits per heavy atom. The Kier molecular flexibility index (Phi) is 6.86. The third-order valence-corrected chi connectivity index (χ3v) is 4.85. The van der Waals surface area contributed by atoms with Gasteiger partial charge in [0.2, 0.25) is 0 Å². The van der Waals surface area contributed by atoms with Crippen LogP contribution in [0.1, 0.15) is 28.6 Å². The maximum atomic E-state index is 12.8. The van der Waals surface area contributed by atoms with Gasteiger partial charge in [0.05, 0.1) is 13.2 Å². The molecule has 1 aromatic carbocycles. The van der Waals surface area contributed by atoms with Crippen LogP contribution >= 0.6 is 11.8 Å². The summed E-state index contributed by atoms with van der Waals surface area (Å²) >= 11 is 1.65. The summed E-state index contributed by atoms with van der Waals surface area (Å²) in [4.78, 5) is 12.8. The molecule has 0 radical (unpaired) electrons. The van der Waals surface area contributed by atoms with Crippen LogP contribution in [0.3, 0.4) is 0 Å². The zero-order valence-corrected chi connectivity index (χ0v) is 16.7. The van der Waals surface area contributed by atoms with Crippen molar-refractivity contribution >= 4 is 23.3 Å². The monoisotopic (exact) mass is 422 g/mol. The molecule has 0 unspecified atom stereocenters. The molecule has 2 heterocycles. The number of aromatic nitrogens is 3. The van der Waals surface area contributed by atoms with Crippen molar-refractivity contribution in [1.29, 1.82) is 0 Å². The molecule has 0 aliphatic heterocycles. The van der Waals surface area contributed by atoms with E-state index < -0.39 is 6.61 Å². The lowest BCUT2D eigenvalue weighted by molar-refractivity contribution is -0.0512. The molecule has 10 heteroatoms. The van der Waals surface area contributed by atoms with E-state index in [1.807, 2.05) is 35.1 Å². The molecule has 0 aliphatic rings. The van der Waals surface area contributed by atoms with Crippen LogP contribution in [0.2, 0.25) is 0 Å². The molecule has 0 bridgehead atoms. The quantitative estimate of drug-likeness (QED) is 0.568. The van der Waals surface area contributed by atoms with Crippen LogP contribution in [0.5, 0.6) is 11.5 Å². The predicted molar refractivity (Wildman–Crippen MR) is 106 cm³/mol. The van der Waals surface area contributed by atoms with Crippen molar-refractivity contribution in [2.45, 2.75) is 19.1 Å². The summed E-state index contributed by atoms with van der Waals surface area (Å²) in [5, 5.41) is 11.3. The van der Waals surface area contributed by atoms with Gasteiger partial charge in [-0.3, -0.25) is 9.20 Å². The van der Waals surface area contributed by atoms with Crippen LogP contribution in [0, 0.1) is 0 Å². The van der Waals surface area contributed by atoms with E-state index in [-0.39, 0.29) is 29.0 Å². The van der Waals surface area contributed by atoms with E-state index in [1.165, 1.54) is 25.3 Å². The molecular weight excluding hydrogens is 402 g/mol. The number of thioether (sulfide) groups is 1. The predicted octanol–water partition coefficient (Wildman–Crippen LogP) is 3.56. The highest BCUT2D eigenvalue weighted by Gasteiger charge is 2.22. The van der Waals surface area contributed by atoms with Crippen LogP contribution in [0.25, 0.3) is 5.65 Å². The number of ether oxygens (including phenoxy) is 2. The number of hydrogen-bond acceptors (Lipinski definition) is 6. The van der Waals surface area contributed by atoms with Gasteiger partial charge < -0.3 is 14.8 Å². The lowest BCUT2D eigenvalue weighted by Gasteiger charge is -2.18. The maximum Gasteiger partial charge on any atom is 0.387 e. The van der Waals surface area contributed by atoms with Gasteiger partial charge in [-0.15, -0.1) is 10.2 Å². The second kappa shape index (κ2) is 9.55. The third kappa shape index (κ3) is 4.94. The molecule has 7 nitrogen and oxygen atoms in total. The van der Waals surface area contributed by atoms with Crippen LogP contribution in [0.4, 0.5) is 8.78 Å². The number of methoxy groups -OCH3 is 1. The molecule has 0 saturated heterocycles. The molecule has 154 valence electrons. The molecule has 1 N–H and O–H groups in total. The average Bonchev–Trinajstić information content (AvgIpc) is 3.15. The fourth-order valence-electron chi connectivity index (χ4n) is 2.84. The van der Waals surface area contributed by atoms with Crippen LogP contribution in [0.15, 0.2) is 42.6 Å². The lowest BCUT2D eigenvalue weighted by Crippen LogP contribution is -2.30. The Balaban J connectivity index is 1.85. The summed E-state index contributed by atoms with van der Waals surface area (Å²) in [6.45, 7) is -2.99. The van der Waals surface area contributed by atoms with Crippen LogP contribution in [-0.4, -0.2) is 46.2 Å². The number of hydrogen-bond donors (Lipinski definition) is 1. The molecule has 0 spiro atoms. The van der Waals surface area contributed by atoms with Gasteiger partial charge in [-0.1, -0.05) is 6.07 Å². The minimum Gasteiger partial charge on any atom is -0.493 e. The van der Waals surface area contributed by atoms with Crippen molar-refractivity contribution in [3.8, 4) is 11.5 Å². The number of benzene rings is 1. The highest BCUT2D eigenvalue weighted by Crippen LogP contribution is 2.30. The number of carbonyl (C=O) groups excluding carboxylic acids is 1. The Labute approximate surface area is 170 Å². The Morgan fingerprint density at radius 3 is 2.79 bits per heavy atom. The standard InChI is InChI=1S/C19H20F2N4O3S/c1-27-15-11-12(6-7-14(15)28-19(20)21)18(26)22-13(8-10-29-2)17-24-23-16-5-3-4-9-25(16)17/h3-7,9,11,13,19H,8,10H2,1-2H3,(H,22,26)/t13-/m1/s1. The van der Waals surface area contributed by atoms with Gasteiger partial charge in [0.15, 0.2) is 23.0 Å². The molecule has 0 saturated carbocycles. The molecule has 2 aromatic heterocycles. The first-order chi connectivity index (χ1) is 14.0. The first-order valence-corrected chi connectivity index (χ1v) is 10.1. The smallest absolute Gasteiger partial charge is 0.387 e. The van der Waals surface area contributed by atoms with Crippen LogP contribution < -0.4 is 14.8 Å². The first-order valence-electron chi connectivity index (χ1n) is 8.75. The second-order valence-electron chi connectivity index (χ2n) is 6.04. The zero-order chi connectivity index (χ0) is 20.8. The highest BCUT2D eigenvalue weighted by molar-refractivity contribution is 7.98. The zero-order valence-electron chi connectivity index (χ0n) is 15.8. The average molecular weight is 422 g/mol. The Hall–Kier alpha value is -2.88. The largest absolute Gasteiger partial charge is 0.493 e. The van der Waals surface area contributed by atoms with Crippen molar-refractivity contribution in [1.82, 2.24) is 19.9 Å². The molecular formula is C19H20F2N4O3S. The Bertz CT molecular complexity index is 983. The number of amides is 1. The van der Waals surface area contributed by atoms with Crippen molar-refractivity contribution in [2.24, 2.45) is 0 Å². The summed E-state index contributed by atoms with van der Waals surface area (Å²) in [5.41, 5.74) is 0.938. The minimum absolute atomic E-state index is 0.0477. The number of rotatable bonds is 9. The van der Waals surface area contributed by atoms with Crippen molar-refractivity contribution in [3.05, 3.63) is 54.0 Å². The van der Waals surface area contributed by atoms with E-state index in [1.54, 1.807) is 11.8 Å². The first kappa shape index (κ1) is 20.8. The van der Waals surface area contributed by atoms with Gasteiger partial charge >= 0.3 is 6.61 Å². The summed E-state index contributed by atoms with van der Waals surface area (Å²) < 4.78 is 36.3. The SMILES string of the molecule is COc1cc(C(=O)N[C@H](CCSC)c2nnc3ccccn23)ccc1OC(F)F. The summed E-state index contributed by atoms with van der Waals surface area (Å²) in [6, 6.07) is 9.22. The van der Waals surface area contributed by atoms with Crippen molar-refractivity contribution in [2.75, 3.05) is 19.1 Å². The fraction of sp³-hybridized carbons (Fsp3) is 0.316. The number of nitrogens with one attached hydrogen (secondary N) is 1. The summed E-state index contributed by atoms with van der Waals surface area (Å²) in [6.07, 6.45) is 4.46. The topological polar surface area (TPSA) is 77.8 Å². The molecule has 29 heavy (non-hydrogen) atoms. The summed E-state index contributed by atoms with van der Waals surface area (Å²) in [5.74, 6) is 0.947. The van der Waals surface area contributed by atoms with Crippen molar-refractivity contribution in [3.63, 3.8) is 0 Å². The van der Waals surface area contributed by atoms with Gasteiger partial charge in [0.25, 0.3) is 5.91 Å². The number of alkyl halides is 2. The molecule has 3 rings (SSSR count).